The van der Waals surface area contributed by atoms with Crippen molar-refractivity contribution in [2.75, 3.05) is 14.2 Å². The smallest absolute Gasteiger partial charge is 0.134 e. The minimum Gasteiger partial charge on any atom is -0.495 e. The van der Waals surface area contributed by atoms with Crippen LogP contribution < -0.4 is 10.1 Å². The summed E-state index contributed by atoms with van der Waals surface area (Å²) in [5.41, 5.74) is 0.260. The summed E-state index contributed by atoms with van der Waals surface area (Å²) in [7, 11) is 2.56. The molecule has 20 heavy (non-hydrogen) atoms. The van der Waals surface area contributed by atoms with Crippen LogP contribution in [0, 0.1) is 5.41 Å². The number of para-hydroxylation sites is 1. The molecule has 0 aromatic heterocycles. The van der Waals surface area contributed by atoms with Gasteiger partial charge in [0.05, 0.1) is 28.1 Å². The third-order valence-electron chi connectivity index (χ3n) is 4.27. The molecule has 3 unspecified atom stereocenters. The van der Waals surface area contributed by atoms with Gasteiger partial charge in [0.15, 0.2) is 0 Å². The van der Waals surface area contributed by atoms with Crippen molar-refractivity contribution in [3.05, 3.63) is 24.3 Å². The lowest BCUT2D eigenvalue weighted by atomic mass is 9.75. The highest BCUT2D eigenvalue weighted by atomic mass is 32.2. The Labute approximate surface area is 124 Å². The Kier molecular flexibility index (Phi) is 4.86. The minimum absolute atomic E-state index is 0.139. The molecule has 0 aliphatic heterocycles. The molecule has 1 saturated carbocycles. The van der Waals surface area contributed by atoms with Gasteiger partial charge in [-0.05, 0) is 43.9 Å². The van der Waals surface area contributed by atoms with Crippen LogP contribution in [0.4, 0.5) is 0 Å². The zero-order valence-corrected chi connectivity index (χ0v) is 13.6. The van der Waals surface area contributed by atoms with E-state index in [0.29, 0.717) is 6.04 Å². The molecule has 1 aliphatic carbocycles. The molecule has 0 spiro atoms. The van der Waals surface area contributed by atoms with E-state index in [1.165, 1.54) is 6.42 Å². The standard InChI is InChI=1S/C16H25NO2S/c1-16(2)10-9-12(17-3)15(11-16)20(18)14-8-6-5-7-13(14)19-4/h5-8,12,15,17H,9-11H2,1-4H3. The number of nitrogens with one attached hydrogen (secondary N) is 1. The maximum Gasteiger partial charge on any atom is 0.134 e. The largest absolute Gasteiger partial charge is 0.495 e. The molecule has 0 amide bonds. The molecule has 3 atom stereocenters. The highest BCUT2D eigenvalue weighted by molar-refractivity contribution is 7.85. The minimum atomic E-state index is -1.05. The molecule has 1 aliphatic rings. The Morgan fingerprint density at radius 3 is 2.70 bits per heavy atom. The zero-order valence-electron chi connectivity index (χ0n) is 12.8. The third kappa shape index (κ3) is 3.23. The average Bonchev–Trinajstić information content (AvgIpc) is 2.45. The molecule has 3 nitrogen and oxygen atoms in total. The molecule has 0 saturated heterocycles. The summed E-state index contributed by atoms with van der Waals surface area (Å²) in [6.45, 7) is 4.54. The number of hydrogen-bond donors (Lipinski definition) is 1. The monoisotopic (exact) mass is 295 g/mol. The molecule has 0 radical (unpaired) electrons. The molecule has 2 rings (SSSR count). The molecular formula is C16H25NO2S. The normalized spacial score (nSPS) is 27.0. The second-order valence-electron chi connectivity index (χ2n) is 6.29. The van der Waals surface area contributed by atoms with Crippen LogP contribution in [0.1, 0.15) is 33.1 Å². The quantitative estimate of drug-likeness (QED) is 0.928. The van der Waals surface area contributed by atoms with Gasteiger partial charge in [-0.1, -0.05) is 26.0 Å². The first-order chi connectivity index (χ1) is 9.48. The Morgan fingerprint density at radius 2 is 2.05 bits per heavy atom. The predicted octanol–water partition coefficient (Wildman–Crippen LogP) is 2.97. The van der Waals surface area contributed by atoms with Gasteiger partial charge in [0.25, 0.3) is 0 Å². The first kappa shape index (κ1) is 15.5. The van der Waals surface area contributed by atoms with Crippen molar-refractivity contribution >= 4 is 10.8 Å². The molecule has 0 heterocycles. The Balaban J connectivity index is 2.29. The fourth-order valence-electron chi connectivity index (χ4n) is 3.02. The van der Waals surface area contributed by atoms with Crippen molar-refractivity contribution in [1.82, 2.24) is 5.32 Å². The van der Waals surface area contributed by atoms with E-state index in [1.54, 1.807) is 7.11 Å². The van der Waals surface area contributed by atoms with Gasteiger partial charge in [0.1, 0.15) is 5.75 Å². The van der Waals surface area contributed by atoms with E-state index < -0.39 is 10.8 Å². The average molecular weight is 295 g/mol. The number of hydrogen-bond acceptors (Lipinski definition) is 3. The lowest BCUT2D eigenvalue weighted by Crippen LogP contribution is -2.47. The second kappa shape index (κ2) is 6.27. The summed E-state index contributed by atoms with van der Waals surface area (Å²) in [5.74, 6) is 0.726. The van der Waals surface area contributed by atoms with Gasteiger partial charge in [-0.15, -0.1) is 0 Å². The van der Waals surface area contributed by atoms with Gasteiger partial charge in [-0.2, -0.15) is 0 Å². The second-order valence-corrected chi connectivity index (χ2v) is 7.93. The van der Waals surface area contributed by atoms with Crippen LogP contribution in [0.25, 0.3) is 0 Å². The van der Waals surface area contributed by atoms with E-state index in [-0.39, 0.29) is 10.7 Å². The number of ether oxygens (including phenoxy) is 1. The molecule has 1 fully saturated rings. The maximum atomic E-state index is 13.0. The van der Waals surface area contributed by atoms with Crippen molar-refractivity contribution in [2.45, 2.75) is 49.3 Å². The first-order valence-corrected chi connectivity index (χ1v) is 8.40. The van der Waals surface area contributed by atoms with Crippen LogP contribution >= 0.6 is 0 Å². The van der Waals surface area contributed by atoms with E-state index in [2.05, 4.69) is 19.2 Å². The third-order valence-corrected chi connectivity index (χ3v) is 6.08. The first-order valence-electron chi connectivity index (χ1n) is 7.19. The summed E-state index contributed by atoms with van der Waals surface area (Å²) in [5, 5.41) is 3.48. The molecular weight excluding hydrogens is 270 g/mol. The van der Waals surface area contributed by atoms with E-state index in [1.807, 2.05) is 31.3 Å². The van der Waals surface area contributed by atoms with E-state index in [4.69, 9.17) is 4.74 Å². The molecule has 1 N–H and O–H groups in total. The van der Waals surface area contributed by atoms with Gasteiger partial charge in [0.2, 0.25) is 0 Å². The molecule has 4 heteroatoms. The van der Waals surface area contributed by atoms with Crippen molar-refractivity contribution in [3.8, 4) is 5.75 Å². The molecule has 112 valence electrons. The van der Waals surface area contributed by atoms with Crippen molar-refractivity contribution in [2.24, 2.45) is 5.41 Å². The predicted molar refractivity (Wildman–Crippen MR) is 83.7 cm³/mol. The van der Waals surface area contributed by atoms with E-state index >= 15 is 0 Å². The summed E-state index contributed by atoms with van der Waals surface area (Å²) in [6.07, 6.45) is 3.23. The fourth-order valence-corrected chi connectivity index (χ4v) is 5.09. The van der Waals surface area contributed by atoms with Crippen molar-refractivity contribution in [3.63, 3.8) is 0 Å². The number of benzene rings is 1. The van der Waals surface area contributed by atoms with Gasteiger partial charge in [-0.3, -0.25) is 4.21 Å². The fraction of sp³-hybridized carbons (Fsp3) is 0.625. The Bertz CT molecular complexity index is 487. The summed E-state index contributed by atoms with van der Waals surface area (Å²) >= 11 is 0. The maximum absolute atomic E-state index is 13.0. The van der Waals surface area contributed by atoms with E-state index in [0.717, 1.165) is 23.5 Å². The molecule has 0 bridgehead atoms. The molecule has 1 aromatic rings. The van der Waals surface area contributed by atoms with Crippen molar-refractivity contribution in [1.29, 1.82) is 0 Å². The lowest BCUT2D eigenvalue weighted by molar-refractivity contribution is 0.216. The van der Waals surface area contributed by atoms with Gasteiger partial charge in [-0.25, -0.2) is 0 Å². The van der Waals surface area contributed by atoms with E-state index in [9.17, 15) is 4.21 Å². The van der Waals surface area contributed by atoms with Crippen LogP contribution in [0.15, 0.2) is 29.2 Å². The van der Waals surface area contributed by atoms with Crippen LogP contribution in [-0.2, 0) is 10.8 Å². The lowest BCUT2D eigenvalue weighted by Gasteiger charge is -2.40. The summed E-state index contributed by atoms with van der Waals surface area (Å²) < 4.78 is 18.4. The molecule has 1 aromatic carbocycles. The van der Waals surface area contributed by atoms with Crippen LogP contribution in [0.3, 0.4) is 0 Å². The highest BCUT2D eigenvalue weighted by Crippen LogP contribution is 2.39. The Hall–Kier alpha value is -0.870. The van der Waals surface area contributed by atoms with Gasteiger partial charge in [0, 0.05) is 6.04 Å². The van der Waals surface area contributed by atoms with Gasteiger partial charge >= 0.3 is 0 Å². The van der Waals surface area contributed by atoms with Crippen LogP contribution in [0.5, 0.6) is 5.75 Å². The summed E-state index contributed by atoms with van der Waals surface area (Å²) in [4.78, 5) is 0.818. The highest BCUT2D eigenvalue weighted by Gasteiger charge is 2.38. The van der Waals surface area contributed by atoms with Crippen LogP contribution in [-0.4, -0.2) is 29.7 Å². The summed E-state index contributed by atoms with van der Waals surface area (Å²) in [6, 6.07) is 7.96. The number of rotatable bonds is 4. The topological polar surface area (TPSA) is 38.3 Å². The Morgan fingerprint density at radius 1 is 1.35 bits per heavy atom. The van der Waals surface area contributed by atoms with Crippen molar-refractivity contribution < 1.29 is 8.95 Å². The number of methoxy groups -OCH3 is 1. The van der Waals surface area contributed by atoms with Crippen LogP contribution in [0.2, 0.25) is 0 Å². The zero-order chi connectivity index (χ0) is 14.8. The van der Waals surface area contributed by atoms with Gasteiger partial charge < -0.3 is 10.1 Å². The SMILES string of the molecule is CNC1CCC(C)(C)CC1S(=O)c1ccccc1OC.